The number of carbonyl (C=O) groups excluding carboxylic acids is 2. The zero-order valence-corrected chi connectivity index (χ0v) is 14.2. The molecule has 1 saturated heterocycles. The minimum atomic E-state index is -0.187. The van der Waals surface area contributed by atoms with Crippen LogP contribution in [0.5, 0.6) is 0 Å². The Morgan fingerprint density at radius 2 is 2.04 bits per heavy atom. The second-order valence-corrected chi connectivity index (χ2v) is 7.19. The van der Waals surface area contributed by atoms with Crippen molar-refractivity contribution in [2.75, 3.05) is 20.2 Å². The number of halogens is 1. The van der Waals surface area contributed by atoms with Crippen LogP contribution >= 0.6 is 22.9 Å². The number of esters is 1. The molecule has 0 spiro atoms. The van der Waals surface area contributed by atoms with E-state index >= 15 is 0 Å². The maximum atomic E-state index is 12.8. The summed E-state index contributed by atoms with van der Waals surface area (Å²) in [5.41, 5.74) is 1.50. The first-order valence-corrected chi connectivity index (χ1v) is 8.59. The van der Waals surface area contributed by atoms with E-state index in [0.29, 0.717) is 35.8 Å². The summed E-state index contributed by atoms with van der Waals surface area (Å²) in [5, 5.41) is 0. The predicted octanol–water partition coefficient (Wildman–Crippen LogP) is 3.42. The normalized spacial score (nSPS) is 15.7. The quantitative estimate of drug-likeness (QED) is 0.861. The van der Waals surface area contributed by atoms with Gasteiger partial charge >= 0.3 is 5.97 Å². The van der Waals surface area contributed by atoms with Crippen LogP contribution < -0.4 is 0 Å². The Hall–Kier alpha value is -1.79. The number of carbonyl (C=O) groups is 2. The van der Waals surface area contributed by atoms with Crippen LogP contribution in [0.25, 0.3) is 10.4 Å². The van der Waals surface area contributed by atoms with Gasteiger partial charge in [-0.15, -0.1) is 11.3 Å². The van der Waals surface area contributed by atoms with Crippen molar-refractivity contribution in [2.45, 2.75) is 12.8 Å². The summed E-state index contributed by atoms with van der Waals surface area (Å²) in [4.78, 5) is 30.1. The summed E-state index contributed by atoms with van der Waals surface area (Å²) >= 11 is 7.43. The van der Waals surface area contributed by atoms with Gasteiger partial charge in [0.05, 0.1) is 22.9 Å². The number of methoxy groups -OCH3 is 1. The van der Waals surface area contributed by atoms with Crippen molar-refractivity contribution in [3.05, 3.63) is 34.4 Å². The molecule has 2 aromatic rings. The molecule has 1 aliphatic rings. The first-order valence-electron chi connectivity index (χ1n) is 7.39. The van der Waals surface area contributed by atoms with Gasteiger partial charge in [0.2, 0.25) is 0 Å². The molecule has 5 nitrogen and oxygen atoms in total. The highest BCUT2D eigenvalue weighted by molar-refractivity contribution is 7.19. The number of thiophene rings is 1. The molecular formula is C16H17ClN2O3S. The summed E-state index contributed by atoms with van der Waals surface area (Å²) in [5.74, 6) is -0.312. The minimum absolute atomic E-state index is 0.0194. The lowest BCUT2D eigenvalue weighted by atomic mass is 9.96. The number of aromatic nitrogens is 1. The largest absolute Gasteiger partial charge is 0.469 e. The maximum Gasteiger partial charge on any atom is 0.308 e. The van der Waals surface area contributed by atoms with Crippen molar-refractivity contribution in [3.8, 4) is 10.4 Å². The van der Waals surface area contributed by atoms with Crippen LogP contribution in [0.4, 0.5) is 0 Å². The van der Waals surface area contributed by atoms with Crippen LogP contribution in [-0.2, 0) is 9.53 Å². The van der Waals surface area contributed by atoms with E-state index in [9.17, 15) is 9.59 Å². The zero-order valence-electron chi connectivity index (χ0n) is 12.7. The van der Waals surface area contributed by atoms with E-state index in [4.69, 9.17) is 16.3 Å². The van der Waals surface area contributed by atoms with Gasteiger partial charge in [-0.3, -0.25) is 9.59 Å². The Morgan fingerprint density at radius 1 is 1.30 bits per heavy atom. The molecule has 3 rings (SSSR count). The molecule has 23 heavy (non-hydrogen) atoms. The Morgan fingerprint density at radius 3 is 2.65 bits per heavy atom. The van der Waals surface area contributed by atoms with Crippen molar-refractivity contribution in [1.29, 1.82) is 0 Å². The van der Waals surface area contributed by atoms with Crippen molar-refractivity contribution in [1.82, 2.24) is 9.88 Å². The highest BCUT2D eigenvalue weighted by Crippen LogP contribution is 2.34. The fraction of sp³-hybridized carbons (Fsp3) is 0.375. The average molecular weight is 353 g/mol. The number of rotatable bonds is 3. The van der Waals surface area contributed by atoms with E-state index in [2.05, 4.69) is 4.98 Å². The number of aromatic amines is 1. The van der Waals surface area contributed by atoms with Gasteiger partial charge in [0.1, 0.15) is 0 Å². The summed E-state index contributed by atoms with van der Waals surface area (Å²) in [6.07, 6.45) is 4.82. The lowest BCUT2D eigenvalue weighted by Gasteiger charge is -2.30. The van der Waals surface area contributed by atoms with E-state index < -0.39 is 0 Å². The molecule has 0 radical (unpaired) electrons. The van der Waals surface area contributed by atoms with Crippen molar-refractivity contribution < 1.29 is 14.3 Å². The summed E-state index contributed by atoms with van der Waals surface area (Å²) in [6, 6.07) is 3.74. The first-order chi connectivity index (χ1) is 11.1. The third-order valence-electron chi connectivity index (χ3n) is 4.13. The fourth-order valence-electron chi connectivity index (χ4n) is 2.86. The van der Waals surface area contributed by atoms with Gasteiger partial charge in [-0.1, -0.05) is 11.6 Å². The summed E-state index contributed by atoms with van der Waals surface area (Å²) in [6.45, 7) is 1.13. The van der Waals surface area contributed by atoms with Crippen LogP contribution in [-0.4, -0.2) is 42.0 Å². The van der Waals surface area contributed by atoms with Gasteiger partial charge < -0.3 is 14.6 Å². The number of H-pyrrole nitrogens is 1. The number of nitrogens with one attached hydrogen (secondary N) is 1. The molecule has 0 saturated carbocycles. The van der Waals surface area contributed by atoms with Gasteiger partial charge in [0.25, 0.3) is 5.91 Å². The van der Waals surface area contributed by atoms with Crippen molar-refractivity contribution in [2.24, 2.45) is 5.92 Å². The standard InChI is InChI=1S/C16H17ClN2O3S/c1-22-16(21)10-4-6-19(7-5-10)15(20)12-9-18-8-11(12)13-2-3-14(17)23-13/h2-3,8-10,18H,4-7H2,1H3. The number of piperidine rings is 1. The molecule has 7 heteroatoms. The molecule has 0 aliphatic carbocycles. The van der Waals surface area contributed by atoms with E-state index in [1.165, 1.54) is 18.4 Å². The van der Waals surface area contributed by atoms with Crippen LogP contribution in [0.3, 0.4) is 0 Å². The Bertz CT molecular complexity index is 716. The molecule has 1 fully saturated rings. The molecule has 0 bridgehead atoms. The van der Waals surface area contributed by atoms with Crippen LogP contribution in [0.2, 0.25) is 4.34 Å². The average Bonchev–Trinajstić information content (AvgIpc) is 3.22. The van der Waals surface area contributed by atoms with Crippen LogP contribution in [0.1, 0.15) is 23.2 Å². The molecule has 3 heterocycles. The molecule has 122 valence electrons. The SMILES string of the molecule is COC(=O)C1CCN(C(=O)c2c[nH]cc2-c2ccc(Cl)s2)CC1. The monoisotopic (exact) mass is 352 g/mol. The number of hydrogen-bond donors (Lipinski definition) is 1. The number of hydrogen-bond acceptors (Lipinski definition) is 4. The molecule has 1 amide bonds. The smallest absolute Gasteiger partial charge is 0.308 e. The highest BCUT2D eigenvalue weighted by atomic mass is 35.5. The Kier molecular flexibility index (Phi) is 4.73. The number of likely N-dealkylation sites (tertiary alicyclic amines) is 1. The zero-order chi connectivity index (χ0) is 16.4. The first kappa shape index (κ1) is 16.1. The molecule has 1 aliphatic heterocycles. The topological polar surface area (TPSA) is 62.4 Å². The second-order valence-electron chi connectivity index (χ2n) is 5.48. The highest BCUT2D eigenvalue weighted by Gasteiger charge is 2.29. The van der Waals surface area contributed by atoms with Crippen molar-refractivity contribution in [3.63, 3.8) is 0 Å². The van der Waals surface area contributed by atoms with Gasteiger partial charge in [-0.05, 0) is 25.0 Å². The molecule has 2 aromatic heterocycles. The molecule has 1 N–H and O–H groups in total. The molecule has 0 unspecified atom stereocenters. The van der Waals surface area contributed by atoms with Gasteiger partial charge in [-0.2, -0.15) is 0 Å². The van der Waals surface area contributed by atoms with Crippen LogP contribution in [0.15, 0.2) is 24.5 Å². The van der Waals surface area contributed by atoms with Crippen molar-refractivity contribution >= 4 is 34.8 Å². The Labute approximate surface area is 143 Å². The van der Waals surface area contributed by atoms with E-state index in [1.807, 2.05) is 18.3 Å². The third-order valence-corrected chi connectivity index (χ3v) is 5.40. The second kappa shape index (κ2) is 6.76. The van der Waals surface area contributed by atoms with Gasteiger partial charge in [-0.25, -0.2) is 0 Å². The van der Waals surface area contributed by atoms with Crippen LogP contribution in [0, 0.1) is 5.92 Å². The maximum absolute atomic E-state index is 12.8. The third kappa shape index (κ3) is 3.28. The summed E-state index contributed by atoms with van der Waals surface area (Å²) in [7, 11) is 1.40. The number of ether oxygens (including phenoxy) is 1. The fourth-order valence-corrected chi connectivity index (χ4v) is 3.93. The van der Waals surface area contributed by atoms with Gasteiger partial charge in [0, 0.05) is 35.9 Å². The lowest BCUT2D eigenvalue weighted by molar-refractivity contribution is -0.146. The predicted molar refractivity (Wildman–Crippen MR) is 89.8 cm³/mol. The molecule has 0 aromatic carbocycles. The lowest BCUT2D eigenvalue weighted by Crippen LogP contribution is -2.40. The Balaban J connectivity index is 1.73. The minimum Gasteiger partial charge on any atom is -0.469 e. The van der Waals surface area contributed by atoms with E-state index in [-0.39, 0.29) is 17.8 Å². The molecular weight excluding hydrogens is 336 g/mol. The number of nitrogens with zero attached hydrogens (tertiary/aromatic N) is 1. The van der Waals surface area contributed by atoms with Gasteiger partial charge in [0.15, 0.2) is 0 Å². The summed E-state index contributed by atoms with van der Waals surface area (Å²) < 4.78 is 5.47. The number of amides is 1. The van der Waals surface area contributed by atoms with E-state index in [0.717, 1.165) is 10.4 Å². The van der Waals surface area contributed by atoms with E-state index in [1.54, 1.807) is 11.1 Å². The molecule has 0 atom stereocenters.